The summed E-state index contributed by atoms with van der Waals surface area (Å²) in [6.45, 7) is 4.58. The fourth-order valence-electron chi connectivity index (χ4n) is 5.67. The number of hydrogen-bond acceptors (Lipinski definition) is 4. The number of aryl methyl sites for hydroxylation is 2. The Morgan fingerprint density at radius 3 is 0.929 bits per heavy atom. The van der Waals surface area contributed by atoms with E-state index in [9.17, 15) is 0 Å². The zero-order valence-electron chi connectivity index (χ0n) is 31.6. The second kappa shape index (κ2) is 27.5. The predicted octanol–water partition coefficient (Wildman–Crippen LogP) is 7.75. The highest BCUT2D eigenvalue weighted by Gasteiger charge is 2.09. The zero-order chi connectivity index (χ0) is 43.0. The molecule has 0 radical (unpaired) electrons. The zero-order valence-corrected chi connectivity index (χ0v) is 35.2. The quantitative estimate of drug-likeness (QED) is 0.0401. The molecule has 0 aliphatic carbocycles. The predicted molar refractivity (Wildman–Crippen MR) is 218 cm³/mol. The van der Waals surface area contributed by atoms with Crippen molar-refractivity contribution in [2.45, 2.75) is 104 Å². The van der Waals surface area contributed by atoms with Crippen LogP contribution in [0.25, 0.3) is 32.7 Å². The van der Waals surface area contributed by atoms with Gasteiger partial charge in [0.2, 0.25) is 0 Å². The molecule has 0 amide bonds. The smallest absolute Gasteiger partial charge is 0.303 e. The number of hydrogen-bond donors (Lipinski definition) is 12. The fourth-order valence-corrected chi connectivity index (χ4v) is 5.67. The van der Waals surface area contributed by atoms with E-state index in [-0.39, 0.29) is 0 Å². The lowest BCUT2D eigenvalue weighted by Crippen LogP contribution is -1.90. The van der Waals surface area contributed by atoms with Crippen molar-refractivity contribution in [3.05, 3.63) is 83.9 Å². The normalized spacial score (nSPS) is 11.6. The summed E-state index contributed by atoms with van der Waals surface area (Å²) in [6.07, 6.45) is 18.7. The molecule has 0 spiro atoms. The first-order valence-electron chi connectivity index (χ1n) is 18.0. The minimum absolute atomic E-state index is 1.20. The molecule has 0 saturated heterocycles. The van der Waals surface area contributed by atoms with Gasteiger partial charge in [0.05, 0.1) is 0 Å². The summed E-state index contributed by atoms with van der Waals surface area (Å²) >= 11 is 0. The lowest BCUT2D eigenvalue weighted by atomic mass is 9.92. The van der Waals surface area contributed by atoms with Gasteiger partial charge in [0, 0.05) is 0 Å². The Morgan fingerprint density at radius 1 is 0.375 bits per heavy atom. The Balaban J connectivity index is 0.00000125. The van der Waals surface area contributed by atoms with Crippen molar-refractivity contribution in [2.75, 3.05) is 0 Å². The van der Waals surface area contributed by atoms with Crippen LogP contribution in [0.4, 0.5) is 0 Å². The molecule has 4 rings (SSSR count). The van der Waals surface area contributed by atoms with Gasteiger partial charge in [0.15, 0.2) is 0 Å². The standard InChI is InChI=1S/C36H46.4H3O4P/c1-3-5-7-9-11-13-17-29-23-25-33-31(27-29)19-15-21-35(33)36-22-16-20-32-28-30(24-26-34(32)36)18-14-12-10-8-6-4-2;4*1-5(2,3)4/h15-16,19-28H,3-14,17-18H2,1-2H3;4*(H3,1,2,3,4). The Kier molecular flexibility index (Phi) is 26.5. The number of rotatable bonds is 15. The maximum absolute atomic E-state index is 8.88. The monoisotopic (exact) mass is 870 g/mol. The molecular weight excluding hydrogens is 812 g/mol. The highest BCUT2D eigenvalue weighted by Crippen LogP contribution is 2.35. The van der Waals surface area contributed by atoms with Gasteiger partial charge >= 0.3 is 31.3 Å². The van der Waals surface area contributed by atoms with Crippen LogP contribution in [-0.2, 0) is 31.1 Å². The fraction of sp³-hybridized carbons (Fsp3) is 0.444. The van der Waals surface area contributed by atoms with Crippen LogP contribution in [0.5, 0.6) is 0 Å². The molecule has 0 fully saturated rings. The molecule has 12 N–H and O–H groups in total. The molecule has 0 aromatic heterocycles. The minimum Gasteiger partial charge on any atom is -0.303 e. The average Bonchev–Trinajstić information content (AvgIpc) is 3.04. The largest absolute Gasteiger partial charge is 0.466 e. The number of unbranched alkanes of at least 4 members (excludes halogenated alkanes) is 10. The molecule has 0 heterocycles. The van der Waals surface area contributed by atoms with Crippen LogP contribution in [0.1, 0.15) is 102 Å². The van der Waals surface area contributed by atoms with Crippen LogP contribution >= 0.6 is 31.3 Å². The van der Waals surface area contributed by atoms with E-state index in [0.29, 0.717) is 0 Å². The van der Waals surface area contributed by atoms with Crippen LogP contribution in [0.3, 0.4) is 0 Å². The van der Waals surface area contributed by atoms with E-state index in [0.717, 1.165) is 0 Å². The third-order valence-corrected chi connectivity index (χ3v) is 7.82. The Labute approximate surface area is 327 Å². The number of phosphoric acid groups is 4. The molecular formula is C36H58O16P4. The summed E-state index contributed by atoms with van der Waals surface area (Å²) in [5, 5.41) is 5.47. The summed E-state index contributed by atoms with van der Waals surface area (Å²) in [5.74, 6) is 0. The van der Waals surface area contributed by atoms with Crippen molar-refractivity contribution < 1.29 is 77.0 Å². The molecule has 16 nitrogen and oxygen atoms in total. The molecule has 0 saturated carbocycles. The van der Waals surface area contributed by atoms with Crippen molar-refractivity contribution in [2.24, 2.45) is 0 Å². The van der Waals surface area contributed by atoms with Crippen LogP contribution in [0, 0.1) is 0 Å². The average molecular weight is 871 g/mol. The lowest BCUT2D eigenvalue weighted by molar-refractivity contribution is 0.272. The summed E-state index contributed by atoms with van der Waals surface area (Å²) in [5.41, 5.74) is 5.67. The molecule has 0 bridgehead atoms. The summed E-state index contributed by atoms with van der Waals surface area (Å²) in [4.78, 5) is 86.2. The second-order valence-electron chi connectivity index (χ2n) is 12.8. The lowest BCUT2D eigenvalue weighted by Gasteiger charge is -2.13. The summed E-state index contributed by atoms with van der Waals surface area (Å²) in [7, 11) is -18.6. The van der Waals surface area contributed by atoms with Crippen LogP contribution < -0.4 is 0 Å². The van der Waals surface area contributed by atoms with E-state index in [1.807, 2.05) is 0 Å². The summed E-state index contributed by atoms with van der Waals surface area (Å²) < 4.78 is 35.5. The molecule has 318 valence electrons. The number of fused-ring (bicyclic) bond motifs is 2. The maximum Gasteiger partial charge on any atom is 0.466 e. The van der Waals surface area contributed by atoms with Gasteiger partial charge < -0.3 is 58.7 Å². The van der Waals surface area contributed by atoms with Crippen molar-refractivity contribution in [3.8, 4) is 11.1 Å². The van der Waals surface area contributed by atoms with Gasteiger partial charge in [-0.05, 0) is 69.5 Å². The van der Waals surface area contributed by atoms with Crippen molar-refractivity contribution >= 4 is 52.8 Å². The van der Waals surface area contributed by atoms with Gasteiger partial charge in [0.25, 0.3) is 0 Å². The van der Waals surface area contributed by atoms with Gasteiger partial charge in [-0.25, -0.2) is 18.3 Å². The number of benzene rings is 4. The SMILES string of the molecule is CCCCCCCCc1ccc2c(-c3cccc4cc(CCCCCCCC)ccc34)cccc2c1.O=P(O)(O)O.O=P(O)(O)O.O=P(O)(O)O.O=P(O)(O)O. The Bertz CT molecular complexity index is 1690. The third kappa shape index (κ3) is 32.9. The topological polar surface area (TPSA) is 311 Å². The highest BCUT2D eigenvalue weighted by molar-refractivity contribution is 7.45. The van der Waals surface area contributed by atoms with Crippen molar-refractivity contribution in [1.29, 1.82) is 0 Å². The van der Waals surface area contributed by atoms with Gasteiger partial charge in [-0.15, -0.1) is 0 Å². The van der Waals surface area contributed by atoms with E-state index in [1.54, 1.807) is 0 Å². The van der Waals surface area contributed by atoms with E-state index >= 15 is 0 Å². The van der Waals surface area contributed by atoms with Crippen LogP contribution in [0.2, 0.25) is 0 Å². The van der Waals surface area contributed by atoms with Gasteiger partial charge in [0.1, 0.15) is 0 Å². The van der Waals surface area contributed by atoms with E-state index in [1.165, 1.54) is 134 Å². The first-order valence-corrected chi connectivity index (χ1v) is 24.2. The molecule has 20 heteroatoms. The van der Waals surface area contributed by atoms with E-state index in [4.69, 9.17) is 77.0 Å². The van der Waals surface area contributed by atoms with Crippen molar-refractivity contribution in [1.82, 2.24) is 0 Å². The first-order chi connectivity index (χ1) is 25.8. The van der Waals surface area contributed by atoms with Crippen molar-refractivity contribution in [3.63, 3.8) is 0 Å². The third-order valence-electron chi connectivity index (χ3n) is 7.82. The maximum atomic E-state index is 8.88. The van der Waals surface area contributed by atoms with Crippen LogP contribution in [0.15, 0.2) is 72.8 Å². The van der Waals surface area contributed by atoms with Crippen LogP contribution in [-0.4, -0.2) is 58.7 Å². The molecule has 56 heavy (non-hydrogen) atoms. The Morgan fingerprint density at radius 2 is 0.643 bits per heavy atom. The highest BCUT2D eigenvalue weighted by atomic mass is 31.2. The molecule has 0 aliphatic heterocycles. The van der Waals surface area contributed by atoms with E-state index in [2.05, 4.69) is 86.6 Å². The second-order valence-corrected chi connectivity index (χ2v) is 16.9. The molecule has 0 atom stereocenters. The molecule has 4 aromatic rings. The first kappa shape index (κ1) is 53.8. The van der Waals surface area contributed by atoms with Gasteiger partial charge in [-0.2, -0.15) is 0 Å². The minimum atomic E-state index is -4.64. The van der Waals surface area contributed by atoms with Gasteiger partial charge in [-0.1, -0.05) is 151 Å². The molecule has 0 aliphatic rings. The molecule has 0 unspecified atom stereocenters. The van der Waals surface area contributed by atoms with Gasteiger partial charge in [-0.3, -0.25) is 0 Å². The van der Waals surface area contributed by atoms with E-state index < -0.39 is 31.3 Å². The molecule has 4 aromatic carbocycles. The summed E-state index contributed by atoms with van der Waals surface area (Å²) in [6, 6.07) is 27.9. The Hall–Kier alpha value is -2.16.